The first kappa shape index (κ1) is 11.3. The summed E-state index contributed by atoms with van der Waals surface area (Å²) in [6.45, 7) is 2.36. The van der Waals surface area contributed by atoms with Gasteiger partial charge in [-0.2, -0.15) is 0 Å². The molecule has 0 aromatic carbocycles. The third kappa shape index (κ3) is 2.02. The van der Waals surface area contributed by atoms with Crippen molar-refractivity contribution < 1.29 is 17.9 Å². The first-order valence-electron chi connectivity index (χ1n) is 5.17. The number of carbonyl (C=O) groups excluding carboxylic acids is 1. The summed E-state index contributed by atoms with van der Waals surface area (Å²) in [6.07, 6.45) is 0.384. The van der Waals surface area contributed by atoms with Crippen LogP contribution in [0.1, 0.15) is 13.3 Å². The molecule has 0 amide bonds. The first-order chi connectivity index (χ1) is 7.53. The monoisotopic (exact) mass is 243 g/mol. The molecule has 0 aromatic rings. The minimum atomic E-state index is -2.98. The Morgan fingerprint density at radius 2 is 2.25 bits per heavy atom. The Labute approximate surface area is 94.1 Å². The molecule has 0 atom stereocenters. The zero-order chi connectivity index (χ0) is 11.8. The van der Waals surface area contributed by atoms with Gasteiger partial charge < -0.3 is 4.74 Å². The van der Waals surface area contributed by atoms with E-state index in [1.807, 2.05) is 0 Å². The predicted molar refractivity (Wildman–Crippen MR) is 59.2 cm³/mol. The number of hydrogen-bond donors (Lipinski definition) is 0. The fourth-order valence-electron chi connectivity index (χ4n) is 1.94. The highest BCUT2D eigenvalue weighted by atomic mass is 32.2. The minimum absolute atomic E-state index is 0.0364. The molecule has 2 heterocycles. The topological polar surface area (TPSA) is 72.8 Å². The molecule has 0 aromatic heterocycles. The van der Waals surface area contributed by atoms with Crippen LogP contribution < -0.4 is 0 Å². The zero-order valence-corrected chi connectivity index (χ0v) is 9.84. The predicted octanol–water partition coefficient (Wildman–Crippen LogP) is 0.119. The van der Waals surface area contributed by atoms with Crippen LogP contribution in [0.2, 0.25) is 0 Å². The molecule has 5 nitrogen and oxygen atoms in total. The third-order valence-electron chi connectivity index (χ3n) is 2.67. The number of nitrogens with zero attached hydrogens (tertiary/aromatic N) is 1. The molecule has 88 valence electrons. The lowest BCUT2D eigenvalue weighted by molar-refractivity contribution is -0.134. The van der Waals surface area contributed by atoms with Gasteiger partial charge in [-0.05, 0) is 24.5 Å². The summed E-state index contributed by atoms with van der Waals surface area (Å²) in [5.41, 5.74) is 1.87. The lowest BCUT2D eigenvalue weighted by Gasteiger charge is -2.15. The number of rotatable bonds is 2. The maximum Gasteiger partial charge on any atom is 0.356 e. The van der Waals surface area contributed by atoms with Gasteiger partial charge in [0.15, 0.2) is 9.84 Å². The molecule has 0 aliphatic carbocycles. The van der Waals surface area contributed by atoms with Crippen molar-refractivity contribution in [1.82, 2.24) is 0 Å². The Bertz CT molecular complexity index is 487. The van der Waals surface area contributed by atoms with Crippen molar-refractivity contribution >= 4 is 21.5 Å². The zero-order valence-electron chi connectivity index (χ0n) is 9.02. The Kier molecular flexibility index (Phi) is 2.84. The number of sulfone groups is 1. The maximum atomic E-state index is 11.5. The Morgan fingerprint density at radius 3 is 2.94 bits per heavy atom. The number of aliphatic imine (C=N–C) groups is 1. The summed E-state index contributed by atoms with van der Waals surface area (Å²) >= 11 is 0. The third-order valence-corrected chi connectivity index (χ3v) is 4.28. The fourth-order valence-corrected chi connectivity index (χ4v) is 3.40. The van der Waals surface area contributed by atoms with Gasteiger partial charge in [0.25, 0.3) is 0 Å². The molecule has 2 aliphatic rings. The van der Waals surface area contributed by atoms with Crippen LogP contribution in [0.15, 0.2) is 16.1 Å². The van der Waals surface area contributed by atoms with Crippen LogP contribution in [0.3, 0.4) is 0 Å². The summed E-state index contributed by atoms with van der Waals surface area (Å²) in [6, 6.07) is 0. The van der Waals surface area contributed by atoms with E-state index in [1.165, 1.54) is 0 Å². The van der Waals surface area contributed by atoms with Gasteiger partial charge in [0.05, 0.1) is 24.7 Å². The number of carbonyl (C=O) groups is 1. The molecule has 2 rings (SSSR count). The van der Waals surface area contributed by atoms with Crippen molar-refractivity contribution in [2.45, 2.75) is 13.3 Å². The average molecular weight is 243 g/mol. The first-order valence-corrected chi connectivity index (χ1v) is 6.99. The van der Waals surface area contributed by atoms with Gasteiger partial charge >= 0.3 is 5.97 Å². The summed E-state index contributed by atoms with van der Waals surface area (Å²) in [7, 11) is -2.98. The second-order valence-corrected chi connectivity index (χ2v) is 5.99. The Balaban J connectivity index is 2.22. The number of esters is 1. The highest BCUT2D eigenvalue weighted by Gasteiger charge is 2.32. The molecule has 0 spiro atoms. The van der Waals surface area contributed by atoms with Gasteiger partial charge in [-0.25, -0.2) is 13.2 Å². The van der Waals surface area contributed by atoms with Gasteiger partial charge in [0.2, 0.25) is 0 Å². The molecule has 0 radical (unpaired) electrons. The van der Waals surface area contributed by atoms with Gasteiger partial charge in [-0.15, -0.1) is 0 Å². The van der Waals surface area contributed by atoms with Crippen molar-refractivity contribution in [1.29, 1.82) is 0 Å². The quantitative estimate of drug-likeness (QED) is 0.646. The number of hydrogen-bond acceptors (Lipinski definition) is 5. The highest BCUT2D eigenvalue weighted by molar-refractivity contribution is 7.91. The Morgan fingerprint density at radius 1 is 1.50 bits per heavy atom. The molecule has 0 bridgehead atoms. The van der Waals surface area contributed by atoms with Crippen molar-refractivity contribution in [2.24, 2.45) is 4.99 Å². The van der Waals surface area contributed by atoms with Gasteiger partial charge in [0.1, 0.15) is 5.71 Å². The molecular weight excluding hydrogens is 230 g/mol. The molecule has 0 N–H and O–H groups in total. The van der Waals surface area contributed by atoms with Crippen LogP contribution in [-0.4, -0.2) is 44.8 Å². The van der Waals surface area contributed by atoms with E-state index in [9.17, 15) is 13.2 Å². The average Bonchev–Trinajstić information content (AvgIpc) is 2.59. The molecule has 16 heavy (non-hydrogen) atoms. The molecule has 0 saturated carbocycles. The molecule has 0 fully saturated rings. The fraction of sp³-hybridized carbons (Fsp3) is 0.600. The minimum Gasteiger partial charge on any atom is -0.461 e. The van der Waals surface area contributed by atoms with E-state index in [2.05, 4.69) is 4.99 Å². The highest BCUT2D eigenvalue weighted by Crippen LogP contribution is 2.26. The SMILES string of the molecule is CCOC(=O)C1=NCC2=C1CCS(=O)(=O)C2. The van der Waals surface area contributed by atoms with E-state index >= 15 is 0 Å². The van der Waals surface area contributed by atoms with Crippen LogP contribution in [0.25, 0.3) is 0 Å². The van der Waals surface area contributed by atoms with E-state index in [-0.39, 0.29) is 11.5 Å². The molecular formula is C10H13NO4S. The number of ether oxygens (including phenoxy) is 1. The Hall–Kier alpha value is -1.17. The van der Waals surface area contributed by atoms with Gasteiger partial charge in [-0.1, -0.05) is 0 Å². The normalized spacial score (nSPS) is 22.7. The maximum absolute atomic E-state index is 11.5. The van der Waals surface area contributed by atoms with Crippen molar-refractivity contribution in [3.8, 4) is 0 Å². The lowest BCUT2D eigenvalue weighted by Crippen LogP contribution is -2.25. The summed E-state index contributed by atoms with van der Waals surface area (Å²) in [5, 5.41) is 0. The van der Waals surface area contributed by atoms with E-state index in [1.54, 1.807) is 6.92 Å². The van der Waals surface area contributed by atoms with Crippen LogP contribution >= 0.6 is 0 Å². The van der Waals surface area contributed by atoms with Gasteiger partial charge in [0, 0.05) is 0 Å². The molecule has 2 aliphatic heterocycles. The second-order valence-electron chi connectivity index (χ2n) is 3.81. The summed E-state index contributed by atoms with van der Waals surface area (Å²) in [4.78, 5) is 15.6. The van der Waals surface area contributed by atoms with E-state index < -0.39 is 15.8 Å². The van der Waals surface area contributed by atoms with Crippen LogP contribution in [-0.2, 0) is 19.4 Å². The molecule has 6 heteroatoms. The van der Waals surface area contributed by atoms with E-state index in [0.717, 1.165) is 11.1 Å². The summed E-state index contributed by atoms with van der Waals surface area (Å²) in [5.74, 6) is -0.300. The largest absolute Gasteiger partial charge is 0.461 e. The van der Waals surface area contributed by atoms with E-state index in [4.69, 9.17) is 4.74 Å². The van der Waals surface area contributed by atoms with Crippen LogP contribution in [0, 0.1) is 0 Å². The second kappa shape index (κ2) is 4.01. The standard InChI is InChI=1S/C10H13NO4S/c1-2-15-10(12)9-8-3-4-16(13,14)6-7(8)5-11-9/h2-6H2,1H3. The molecule has 0 unspecified atom stereocenters. The van der Waals surface area contributed by atoms with Crippen molar-refractivity contribution in [3.05, 3.63) is 11.1 Å². The van der Waals surface area contributed by atoms with Crippen LogP contribution in [0.5, 0.6) is 0 Å². The molecule has 0 saturated heterocycles. The van der Waals surface area contributed by atoms with Crippen LogP contribution in [0.4, 0.5) is 0 Å². The summed E-state index contributed by atoms with van der Waals surface area (Å²) < 4.78 is 27.7. The van der Waals surface area contributed by atoms with E-state index in [0.29, 0.717) is 25.3 Å². The van der Waals surface area contributed by atoms with Crippen molar-refractivity contribution in [3.63, 3.8) is 0 Å². The van der Waals surface area contributed by atoms with Crippen molar-refractivity contribution in [2.75, 3.05) is 24.7 Å². The van der Waals surface area contributed by atoms with Gasteiger partial charge in [-0.3, -0.25) is 4.99 Å². The smallest absolute Gasteiger partial charge is 0.356 e. The lowest BCUT2D eigenvalue weighted by atomic mass is 10.0.